The zero-order valence-electron chi connectivity index (χ0n) is 12.8. The molecule has 0 aromatic carbocycles. The molecule has 0 amide bonds. The van der Waals surface area contributed by atoms with E-state index in [4.69, 9.17) is 0 Å². The molecule has 0 spiro atoms. The average Bonchev–Trinajstić information content (AvgIpc) is 2.46. The monoisotopic (exact) mass is 264 g/mol. The van der Waals surface area contributed by atoms with Gasteiger partial charge < -0.3 is 10.2 Å². The van der Waals surface area contributed by atoms with Crippen LogP contribution < -0.4 is 10.2 Å². The van der Waals surface area contributed by atoms with Crippen molar-refractivity contribution in [2.24, 2.45) is 0 Å². The Labute approximate surface area is 117 Å². The minimum atomic E-state index is 0.514. The zero-order chi connectivity index (χ0) is 14.1. The first-order chi connectivity index (χ1) is 9.22. The standard InChI is InChI=1S/C15H28N4/c1-5-8-9-19(13(4)6-2)15-12-17-14(11-18-15)10-16-7-3/h11-13,16H,5-10H2,1-4H3. The lowest BCUT2D eigenvalue weighted by Gasteiger charge is -2.29. The van der Waals surface area contributed by atoms with Crippen LogP contribution in [0.2, 0.25) is 0 Å². The van der Waals surface area contributed by atoms with Gasteiger partial charge in [0.15, 0.2) is 0 Å². The first-order valence-corrected chi connectivity index (χ1v) is 7.51. The minimum Gasteiger partial charge on any atom is -0.353 e. The molecular weight excluding hydrogens is 236 g/mol. The van der Waals surface area contributed by atoms with Crippen molar-refractivity contribution in [1.82, 2.24) is 15.3 Å². The summed E-state index contributed by atoms with van der Waals surface area (Å²) in [5.74, 6) is 1.00. The zero-order valence-corrected chi connectivity index (χ0v) is 12.8. The van der Waals surface area contributed by atoms with Gasteiger partial charge in [0, 0.05) is 19.1 Å². The maximum absolute atomic E-state index is 4.58. The molecule has 1 aromatic heterocycles. The summed E-state index contributed by atoms with van der Waals surface area (Å²) in [6.45, 7) is 11.6. The van der Waals surface area contributed by atoms with Gasteiger partial charge >= 0.3 is 0 Å². The summed E-state index contributed by atoms with van der Waals surface area (Å²) >= 11 is 0. The van der Waals surface area contributed by atoms with Crippen molar-refractivity contribution in [3.63, 3.8) is 0 Å². The van der Waals surface area contributed by atoms with Crippen molar-refractivity contribution >= 4 is 5.82 Å². The molecule has 108 valence electrons. The molecule has 4 nitrogen and oxygen atoms in total. The van der Waals surface area contributed by atoms with E-state index in [0.29, 0.717) is 6.04 Å². The fraction of sp³-hybridized carbons (Fsp3) is 0.733. The Morgan fingerprint density at radius 1 is 1.21 bits per heavy atom. The van der Waals surface area contributed by atoms with E-state index >= 15 is 0 Å². The molecule has 0 aliphatic heterocycles. The highest BCUT2D eigenvalue weighted by Gasteiger charge is 2.13. The molecule has 0 aliphatic carbocycles. The van der Waals surface area contributed by atoms with Gasteiger partial charge in [0.1, 0.15) is 5.82 Å². The number of nitrogens with one attached hydrogen (secondary N) is 1. The number of hydrogen-bond donors (Lipinski definition) is 1. The van der Waals surface area contributed by atoms with E-state index in [1.165, 1.54) is 12.8 Å². The van der Waals surface area contributed by atoms with Crippen molar-refractivity contribution < 1.29 is 0 Å². The van der Waals surface area contributed by atoms with Crippen molar-refractivity contribution in [2.75, 3.05) is 18.0 Å². The molecule has 1 aromatic rings. The van der Waals surface area contributed by atoms with Gasteiger partial charge in [-0.3, -0.25) is 4.98 Å². The van der Waals surface area contributed by atoms with Gasteiger partial charge in [0.2, 0.25) is 0 Å². The molecule has 0 bridgehead atoms. The first kappa shape index (κ1) is 15.9. The van der Waals surface area contributed by atoms with Crippen molar-refractivity contribution in [2.45, 2.75) is 59.5 Å². The summed E-state index contributed by atoms with van der Waals surface area (Å²) in [4.78, 5) is 11.4. The highest BCUT2D eigenvalue weighted by atomic mass is 15.2. The topological polar surface area (TPSA) is 41.1 Å². The van der Waals surface area contributed by atoms with E-state index in [2.05, 4.69) is 47.9 Å². The normalized spacial score (nSPS) is 12.4. The van der Waals surface area contributed by atoms with Gasteiger partial charge in [-0.1, -0.05) is 27.2 Å². The summed E-state index contributed by atoms with van der Waals surface area (Å²) < 4.78 is 0. The largest absolute Gasteiger partial charge is 0.353 e. The van der Waals surface area contributed by atoms with E-state index in [0.717, 1.165) is 37.6 Å². The highest BCUT2D eigenvalue weighted by molar-refractivity contribution is 5.37. The molecule has 0 aliphatic rings. The van der Waals surface area contributed by atoms with Crippen molar-refractivity contribution in [3.8, 4) is 0 Å². The Kier molecular flexibility index (Phi) is 7.41. The summed E-state index contributed by atoms with van der Waals surface area (Å²) in [6, 6.07) is 0.514. The molecule has 1 rings (SSSR count). The molecule has 0 saturated heterocycles. The van der Waals surface area contributed by atoms with Crippen LogP contribution in [0.25, 0.3) is 0 Å². The fourth-order valence-electron chi connectivity index (χ4n) is 1.95. The number of rotatable bonds is 9. The Balaban J connectivity index is 2.72. The lowest BCUT2D eigenvalue weighted by molar-refractivity contribution is 0.587. The number of aromatic nitrogens is 2. The summed E-state index contributed by atoms with van der Waals surface area (Å²) in [6.07, 6.45) is 7.34. The second kappa shape index (κ2) is 8.86. The number of anilines is 1. The minimum absolute atomic E-state index is 0.514. The van der Waals surface area contributed by atoms with Gasteiger partial charge in [0.25, 0.3) is 0 Å². The Morgan fingerprint density at radius 3 is 2.53 bits per heavy atom. The van der Waals surface area contributed by atoms with Crippen LogP contribution in [0.5, 0.6) is 0 Å². The fourth-order valence-corrected chi connectivity index (χ4v) is 1.95. The van der Waals surface area contributed by atoms with E-state index in [1.807, 2.05) is 12.4 Å². The van der Waals surface area contributed by atoms with Gasteiger partial charge in [-0.15, -0.1) is 0 Å². The van der Waals surface area contributed by atoms with E-state index in [-0.39, 0.29) is 0 Å². The van der Waals surface area contributed by atoms with E-state index in [9.17, 15) is 0 Å². The summed E-state index contributed by atoms with van der Waals surface area (Å²) in [5.41, 5.74) is 1.00. The molecular formula is C15H28N4. The third-order valence-corrected chi connectivity index (χ3v) is 3.42. The van der Waals surface area contributed by atoms with Crippen LogP contribution in [0.3, 0.4) is 0 Å². The van der Waals surface area contributed by atoms with E-state index < -0.39 is 0 Å². The quantitative estimate of drug-likeness (QED) is 0.744. The smallest absolute Gasteiger partial charge is 0.147 e. The number of unbranched alkanes of at least 4 members (excludes halogenated alkanes) is 1. The number of nitrogens with zero attached hydrogens (tertiary/aromatic N) is 3. The molecule has 0 saturated carbocycles. The molecule has 1 heterocycles. The maximum Gasteiger partial charge on any atom is 0.147 e. The average molecular weight is 264 g/mol. The van der Waals surface area contributed by atoms with Crippen LogP contribution in [0, 0.1) is 0 Å². The molecule has 1 unspecified atom stereocenters. The van der Waals surface area contributed by atoms with Gasteiger partial charge in [0.05, 0.1) is 18.1 Å². The predicted molar refractivity (Wildman–Crippen MR) is 81.4 cm³/mol. The molecule has 0 radical (unpaired) electrons. The summed E-state index contributed by atoms with van der Waals surface area (Å²) in [5, 5.41) is 3.27. The maximum atomic E-state index is 4.58. The second-order valence-corrected chi connectivity index (χ2v) is 4.95. The van der Waals surface area contributed by atoms with Crippen LogP contribution in [0.4, 0.5) is 5.82 Å². The Morgan fingerprint density at radius 2 is 2.00 bits per heavy atom. The van der Waals surface area contributed by atoms with Crippen molar-refractivity contribution in [3.05, 3.63) is 18.1 Å². The third-order valence-electron chi connectivity index (χ3n) is 3.42. The Bertz CT molecular complexity index is 337. The SMILES string of the molecule is CCCCN(c1cnc(CNCC)cn1)C(C)CC. The second-order valence-electron chi connectivity index (χ2n) is 4.95. The first-order valence-electron chi connectivity index (χ1n) is 7.51. The lowest BCUT2D eigenvalue weighted by atomic mass is 10.2. The molecule has 1 N–H and O–H groups in total. The van der Waals surface area contributed by atoms with Crippen LogP contribution in [-0.4, -0.2) is 29.1 Å². The molecule has 1 atom stereocenters. The third kappa shape index (κ3) is 5.15. The Hall–Kier alpha value is -1.16. The van der Waals surface area contributed by atoms with Crippen LogP contribution in [0.1, 0.15) is 52.7 Å². The predicted octanol–water partition coefficient (Wildman–Crippen LogP) is 2.99. The van der Waals surface area contributed by atoms with Crippen LogP contribution in [0.15, 0.2) is 12.4 Å². The van der Waals surface area contributed by atoms with Gasteiger partial charge in [-0.2, -0.15) is 0 Å². The van der Waals surface area contributed by atoms with Crippen molar-refractivity contribution in [1.29, 1.82) is 0 Å². The highest BCUT2D eigenvalue weighted by Crippen LogP contribution is 2.15. The van der Waals surface area contributed by atoms with Crippen LogP contribution >= 0.6 is 0 Å². The molecule has 0 fully saturated rings. The van der Waals surface area contributed by atoms with Gasteiger partial charge in [-0.25, -0.2) is 4.98 Å². The lowest BCUT2D eigenvalue weighted by Crippen LogP contribution is -2.34. The molecule has 19 heavy (non-hydrogen) atoms. The summed E-state index contributed by atoms with van der Waals surface area (Å²) in [7, 11) is 0. The van der Waals surface area contributed by atoms with Gasteiger partial charge in [-0.05, 0) is 26.3 Å². The number of hydrogen-bond acceptors (Lipinski definition) is 4. The molecule has 4 heteroatoms. The van der Waals surface area contributed by atoms with E-state index in [1.54, 1.807) is 0 Å². The van der Waals surface area contributed by atoms with Crippen LogP contribution in [-0.2, 0) is 6.54 Å².